The van der Waals surface area contributed by atoms with Crippen LogP contribution >= 0.6 is 0 Å². The molecule has 0 unspecified atom stereocenters. The van der Waals surface area contributed by atoms with Gasteiger partial charge in [0.1, 0.15) is 5.52 Å². The quantitative estimate of drug-likeness (QED) is 0.615. The molecule has 0 aliphatic rings. The lowest BCUT2D eigenvalue weighted by atomic mass is 10.1. The first kappa shape index (κ1) is 16.2. The molecule has 0 saturated carbocycles. The molecular weight excluding hydrogens is 330 g/mol. The highest BCUT2D eigenvalue weighted by molar-refractivity contribution is 6.09. The molecule has 4 rings (SSSR count). The van der Waals surface area contributed by atoms with Gasteiger partial charge in [-0.05, 0) is 31.5 Å². The molecule has 132 valence electrons. The van der Waals surface area contributed by atoms with Gasteiger partial charge in [-0.1, -0.05) is 18.2 Å². The topological polar surface area (TPSA) is 69.1 Å². The maximum atomic E-state index is 13.1. The second-order valence-corrected chi connectivity index (χ2v) is 6.22. The molecule has 0 spiro atoms. The molecule has 0 atom stereocenters. The molecule has 2 aromatic heterocycles. The van der Waals surface area contributed by atoms with E-state index in [4.69, 9.17) is 9.47 Å². The van der Waals surface area contributed by atoms with Gasteiger partial charge in [-0.2, -0.15) is 9.78 Å². The summed E-state index contributed by atoms with van der Waals surface area (Å²) in [6.45, 7) is 3.87. The average molecular weight is 349 g/mol. The smallest absolute Gasteiger partial charge is 0.295 e. The zero-order valence-electron chi connectivity index (χ0n) is 15.1. The SMILES string of the molecule is COc1cc2[nH]c3c(=O)n(-c4ccccc4C)nc(C)c3c2cc1OC. The van der Waals surface area contributed by atoms with E-state index >= 15 is 0 Å². The minimum absolute atomic E-state index is 0.186. The molecule has 2 heterocycles. The first-order valence-electron chi connectivity index (χ1n) is 8.28. The van der Waals surface area contributed by atoms with E-state index in [0.717, 1.165) is 33.2 Å². The molecule has 6 heteroatoms. The fraction of sp³-hybridized carbons (Fsp3) is 0.200. The van der Waals surface area contributed by atoms with Crippen molar-refractivity contribution in [1.82, 2.24) is 14.8 Å². The highest BCUT2D eigenvalue weighted by Gasteiger charge is 2.18. The van der Waals surface area contributed by atoms with E-state index in [2.05, 4.69) is 10.1 Å². The maximum absolute atomic E-state index is 13.1. The van der Waals surface area contributed by atoms with Gasteiger partial charge >= 0.3 is 0 Å². The number of hydrogen-bond acceptors (Lipinski definition) is 4. The molecule has 0 radical (unpaired) electrons. The van der Waals surface area contributed by atoms with Crippen LogP contribution < -0.4 is 15.0 Å². The second-order valence-electron chi connectivity index (χ2n) is 6.22. The van der Waals surface area contributed by atoms with Gasteiger partial charge in [0.15, 0.2) is 11.5 Å². The third kappa shape index (κ3) is 2.26. The minimum Gasteiger partial charge on any atom is -0.493 e. The lowest BCUT2D eigenvalue weighted by molar-refractivity contribution is 0.356. The average Bonchev–Trinajstić information content (AvgIpc) is 3.03. The van der Waals surface area contributed by atoms with Crippen molar-refractivity contribution in [3.63, 3.8) is 0 Å². The summed E-state index contributed by atoms with van der Waals surface area (Å²) in [5.41, 5.74) is 3.67. The number of nitrogens with one attached hydrogen (secondary N) is 1. The summed E-state index contributed by atoms with van der Waals surface area (Å²) in [5.74, 6) is 1.22. The van der Waals surface area contributed by atoms with Crippen LogP contribution in [0.2, 0.25) is 0 Å². The van der Waals surface area contributed by atoms with Gasteiger partial charge in [0.05, 0.1) is 31.1 Å². The molecule has 0 saturated heterocycles. The van der Waals surface area contributed by atoms with Crippen LogP contribution in [-0.2, 0) is 0 Å². The number of rotatable bonds is 3. The number of ether oxygens (including phenoxy) is 2. The number of hydrogen-bond donors (Lipinski definition) is 1. The van der Waals surface area contributed by atoms with Gasteiger partial charge in [-0.25, -0.2) is 0 Å². The van der Waals surface area contributed by atoms with Crippen LogP contribution in [0.25, 0.3) is 27.5 Å². The van der Waals surface area contributed by atoms with Crippen molar-refractivity contribution in [2.75, 3.05) is 14.2 Å². The molecular formula is C20H19N3O3. The molecule has 0 aliphatic carbocycles. The van der Waals surface area contributed by atoms with Crippen molar-refractivity contribution in [2.45, 2.75) is 13.8 Å². The molecule has 6 nitrogen and oxygen atoms in total. The van der Waals surface area contributed by atoms with Crippen LogP contribution in [-0.4, -0.2) is 29.0 Å². The number of methoxy groups -OCH3 is 2. The maximum Gasteiger partial charge on any atom is 0.295 e. The van der Waals surface area contributed by atoms with E-state index in [1.165, 1.54) is 4.68 Å². The van der Waals surface area contributed by atoms with E-state index in [9.17, 15) is 4.79 Å². The van der Waals surface area contributed by atoms with Crippen molar-refractivity contribution >= 4 is 21.8 Å². The third-order valence-electron chi connectivity index (χ3n) is 4.66. The Morgan fingerprint density at radius 2 is 1.73 bits per heavy atom. The molecule has 0 amide bonds. The Labute approximate surface area is 150 Å². The van der Waals surface area contributed by atoms with E-state index in [1.54, 1.807) is 14.2 Å². The number of nitrogens with zero attached hydrogens (tertiary/aromatic N) is 2. The van der Waals surface area contributed by atoms with E-state index in [0.29, 0.717) is 17.0 Å². The summed E-state index contributed by atoms with van der Waals surface area (Å²) in [4.78, 5) is 16.4. The van der Waals surface area contributed by atoms with Gasteiger partial charge in [-0.3, -0.25) is 4.79 Å². The first-order chi connectivity index (χ1) is 12.5. The van der Waals surface area contributed by atoms with E-state index < -0.39 is 0 Å². The van der Waals surface area contributed by atoms with Crippen molar-refractivity contribution < 1.29 is 9.47 Å². The van der Waals surface area contributed by atoms with Crippen molar-refractivity contribution in [1.29, 1.82) is 0 Å². The Hall–Kier alpha value is -3.28. The summed E-state index contributed by atoms with van der Waals surface area (Å²) in [6.07, 6.45) is 0. The predicted molar refractivity (Wildman–Crippen MR) is 102 cm³/mol. The Kier molecular flexibility index (Phi) is 3.68. The van der Waals surface area contributed by atoms with Gasteiger partial charge < -0.3 is 14.5 Å². The number of aromatic amines is 1. The lowest BCUT2D eigenvalue weighted by Gasteiger charge is -2.09. The molecule has 0 bridgehead atoms. The van der Waals surface area contributed by atoms with Crippen molar-refractivity contribution in [3.8, 4) is 17.2 Å². The van der Waals surface area contributed by atoms with Crippen molar-refractivity contribution in [3.05, 3.63) is 58.0 Å². The summed E-state index contributed by atoms with van der Waals surface area (Å²) in [6, 6.07) is 11.4. The molecule has 0 aliphatic heterocycles. The summed E-state index contributed by atoms with van der Waals surface area (Å²) in [5, 5.41) is 6.25. The Balaban J connectivity index is 2.10. The van der Waals surface area contributed by atoms with Crippen LogP contribution in [0.15, 0.2) is 41.2 Å². The number of benzene rings is 2. The normalized spacial score (nSPS) is 11.2. The highest BCUT2D eigenvalue weighted by Crippen LogP contribution is 2.35. The number of fused-ring (bicyclic) bond motifs is 3. The van der Waals surface area contributed by atoms with Gasteiger partial charge in [-0.15, -0.1) is 0 Å². The predicted octanol–water partition coefficient (Wildman–Crippen LogP) is 3.50. The monoisotopic (exact) mass is 349 g/mol. The second kappa shape index (κ2) is 5.91. The van der Waals surface area contributed by atoms with Gasteiger partial charge in [0, 0.05) is 16.8 Å². The number of aromatic nitrogens is 3. The zero-order valence-corrected chi connectivity index (χ0v) is 15.1. The van der Waals surface area contributed by atoms with Gasteiger partial charge in [0.2, 0.25) is 0 Å². The molecule has 4 aromatic rings. The highest BCUT2D eigenvalue weighted by atomic mass is 16.5. The third-order valence-corrected chi connectivity index (χ3v) is 4.66. The number of para-hydroxylation sites is 1. The fourth-order valence-electron chi connectivity index (χ4n) is 3.37. The Bertz CT molecular complexity index is 1200. The Morgan fingerprint density at radius 1 is 1.04 bits per heavy atom. The van der Waals surface area contributed by atoms with Crippen LogP contribution in [0.1, 0.15) is 11.3 Å². The van der Waals surface area contributed by atoms with E-state index in [-0.39, 0.29) is 5.56 Å². The Morgan fingerprint density at radius 3 is 2.42 bits per heavy atom. The standard InChI is InChI=1S/C20H19N3O3/c1-11-7-5-6-8-15(11)23-20(24)19-18(12(2)22-23)13-9-16(25-3)17(26-4)10-14(13)21-19/h5-10,21H,1-4H3. The molecule has 26 heavy (non-hydrogen) atoms. The van der Waals surface area contributed by atoms with E-state index in [1.807, 2.05) is 50.2 Å². The number of aryl methyl sites for hydroxylation is 2. The zero-order chi connectivity index (χ0) is 18.4. The van der Waals surface area contributed by atoms with Crippen LogP contribution in [0.5, 0.6) is 11.5 Å². The summed E-state index contributed by atoms with van der Waals surface area (Å²) < 4.78 is 12.2. The van der Waals surface area contributed by atoms with Crippen LogP contribution in [0, 0.1) is 13.8 Å². The first-order valence-corrected chi connectivity index (χ1v) is 8.28. The largest absolute Gasteiger partial charge is 0.493 e. The van der Waals surface area contributed by atoms with Crippen molar-refractivity contribution in [2.24, 2.45) is 0 Å². The lowest BCUT2D eigenvalue weighted by Crippen LogP contribution is -2.23. The summed E-state index contributed by atoms with van der Waals surface area (Å²) >= 11 is 0. The van der Waals surface area contributed by atoms with Crippen LogP contribution in [0.4, 0.5) is 0 Å². The molecule has 0 fully saturated rings. The minimum atomic E-state index is -0.186. The molecule has 2 aromatic carbocycles. The fourth-order valence-corrected chi connectivity index (χ4v) is 3.37. The summed E-state index contributed by atoms with van der Waals surface area (Å²) in [7, 11) is 3.18. The van der Waals surface area contributed by atoms with Crippen LogP contribution in [0.3, 0.4) is 0 Å². The number of H-pyrrole nitrogens is 1. The van der Waals surface area contributed by atoms with Gasteiger partial charge in [0.25, 0.3) is 5.56 Å². The molecule has 1 N–H and O–H groups in total.